The summed E-state index contributed by atoms with van der Waals surface area (Å²) < 4.78 is 1.15. The lowest BCUT2D eigenvalue weighted by molar-refractivity contribution is 0.0557. The molecule has 1 amide bonds. The maximum absolute atomic E-state index is 12.0. The highest BCUT2D eigenvalue weighted by Crippen LogP contribution is 2.35. The molecule has 0 aliphatic heterocycles. The van der Waals surface area contributed by atoms with Crippen molar-refractivity contribution < 1.29 is 4.79 Å². The Kier molecular flexibility index (Phi) is 4.27. The van der Waals surface area contributed by atoms with E-state index in [2.05, 4.69) is 46.9 Å². The summed E-state index contributed by atoms with van der Waals surface area (Å²) in [6, 6.07) is 7.67. The summed E-state index contributed by atoms with van der Waals surface area (Å²) in [6.45, 7) is 0.741. The molecule has 1 aliphatic carbocycles. The van der Waals surface area contributed by atoms with Crippen molar-refractivity contribution in [1.82, 2.24) is 10.2 Å². The van der Waals surface area contributed by atoms with E-state index < -0.39 is 0 Å². The van der Waals surface area contributed by atoms with E-state index in [-0.39, 0.29) is 11.4 Å². The Bertz CT molecular complexity index is 424. The second-order valence-corrected chi connectivity index (χ2v) is 6.41. The number of hydrogen-bond donors (Lipinski definition) is 1. The van der Waals surface area contributed by atoms with Gasteiger partial charge in [0.2, 0.25) is 0 Å². The van der Waals surface area contributed by atoms with Gasteiger partial charge < -0.3 is 10.2 Å². The van der Waals surface area contributed by atoms with Crippen molar-refractivity contribution in [3.63, 3.8) is 0 Å². The molecule has 0 aromatic heterocycles. The molecular formula is C14H19IN2O. The molecule has 0 unspecified atom stereocenters. The second-order valence-electron chi connectivity index (χ2n) is 5.16. The highest BCUT2D eigenvalue weighted by atomic mass is 127. The fourth-order valence-electron chi connectivity index (χ4n) is 2.32. The fraction of sp³-hybridized carbons (Fsp3) is 0.500. The van der Waals surface area contributed by atoms with Crippen LogP contribution >= 0.6 is 22.6 Å². The van der Waals surface area contributed by atoms with Crippen LogP contribution in [0.4, 0.5) is 0 Å². The molecule has 1 N–H and O–H groups in total. The van der Waals surface area contributed by atoms with Crippen LogP contribution < -0.4 is 5.32 Å². The molecule has 1 aromatic carbocycles. The Morgan fingerprint density at radius 1 is 1.33 bits per heavy atom. The summed E-state index contributed by atoms with van der Waals surface area (Å²) in [4.78, 5) is 14.3. The molecule has 0 bridgehead atoms. The van der Waals surface area contributed by atoms with Crippen molar-refractivity contribution in [2.75, 3.05) is 20.6 Å². The molecule has 18 heavy (non-hydrogen) atoms. The van der Waals surface area contributed by atoms with E-state index in [0.717, 1.165) is 15.7 Å². The highest BCUT2D eigenvalue weighted by Gasteiger charge is 2.39. The van der Waals surface area contributed by atoms with Gasteiger partial charge in [-0.1, -0.05) is 0 Å². The van der Waals surface area contributed by atoms with Crippen molar-refractivity contribution in [1.29, 1.82) is 0 Å². The summed E-state index contributed by atoms with van der Waals surface area (Å²) in [5, 5.41) is 3.06. The number of benzene rings is 1. The Morgan fingerprint density at radius 2 is 1.94 bits per heavy atom. The molecule has 98 valence electrons. The third-order valence-corrected chi connectivity index (χ3v) is 4.64. The minimum Gasteiger partial charge on any atom is -0.350 e. The summed E-state index contributed by atoms with van der Waals surface area (Å²) in [7, 11) is 4.19. The number of likely N-dealkylation sites (N-methyl/N-ethyl adjacent to an activating group) is 1. The van der Waals surface area contributed by atoms with Crippen LogP contribution in [-0.4, -0.2) is 37.0 Å². The van der Waals surface area contributed by atoms with Crippen molar-refractivity contribution in [3.8, 4) is 0 Å². The molecule has 0 atom stereocenters. The molecule has 1 saturated carbocycles. The van der Waals surface area contributed by atoms with Gasteiger partial charge in [0.1, 0.15) is 0 Å². The van der Waals surface area contributed by atoms with Crippen molar-refractivity contribution in [2.45, 2.75) is 24.8 Å². The topological polar surface area (TPSA) is 32.3 Å². The molecule has 1 fully saturated rings. The average molecular weight is 358 g/mol. The summed E-state index contributed by atoms with van der Waals surface area (Å²) in [5.74, 6) is 0.0273. The summed E-state index contributed by atoms with van der Waals surface area (Å²) in [5.41, 5.74) is 0.919. The summed E-state index contributed by atoms with van der Waals surface area (Å²) in [6.07, 6.45) is 3.61. The molecule has 0 radical (unpaired) electrons. The van der Waals surface area contributed by atoms with E-state index in [1.54, 1.807) is 0 Å². The van der Waals surface area contributed by atoms with Gasteiger partial charge in [-0.15, -0.1) is 0 Å². The van der Waals surface area contributed by atoms with E-state index in [1.165, 1.54) is 19.3 Å². The van der Waals surface area contributed by atoms with E-state index >= 15 is 0 Å². The van der Waals surface area contributed by atoms with E-state index in [1.807, 2.05) is 24.3 Å². The molecule has 2 rings (SSSR count). The van der Waals surface area contributed by atoms with Crippen molar-refractivity contribution in [2.24, 2.45) is 0 Å². The number of carbonyl (C=O) groups excluding carboxylic acids is 1. The normalized spacial score (nSPS) is 17.3. The molecule has 4 heteroatoms. The molecule has 1 aliphatic rings. The van der Waals surface area contributed by atoms with Gasteiger partial charge in [-0.25, -0.2) is 0 Å². The molecule has 0 heterocycles. The molecule has 0 saturated heterocycles. The van der Waals surface area contributed by atoms with E-state index in [9.17, 15) is 4.79 Å². The monoisotopic (exact) mass is 358 g/mol. The van der Waals surface area contributed by atoms with Gasteiger partial charge in [-0.05, 0) is 80.2 Å². The zero-order valence-electron chi connectivity index (χ0n) is 10.9. The minimum atomic E-state index is 0.0273. The Labute approximate surface area is 122 Å². The van der Waals surface area contributed by atoms with Crippen LogP contribution in [0.5, 0.6) is 0 Å². The largest absolute Gasteiger partial charge is 0.350 e. The van der Waals surface area contributed by atoms with E-state index in [0.29, 0.717) is 0 Å². The first-order valence-corrected chi connectivity index (χ1v) is 7.33. The molecule has 3 nitrogen and oxygen atoms in total. The first-order chi connectivity index (χ1) is 8.53. The number of halogens is 1. The first-order valence-electron chi connectivity index (χ1n) is 6.25. The van der Waals surface area contributed by atoms with Gasteiger partial charge in [0, 0.05) is 21.2 Å². The number of hydrogen-bond acceptors (Lipinski definition) is 2. The lowest BCUT2D eigenvalue weighted by Crippen LogP contribution is -2.57. The second kappa shape index (κ2) is 5.57. The third kappa shape index (κ3) is 2.85. The van der Waals surface area contributed by atoms with Crippen LogP contribution in [-0.2, 0) is 0 Å². The summed E-state index contributed by atoms with van der Waals surface area (Å²) >= 11 is 2.24. The number of amides is 1. The zero-order valence-corrected chi connectivity index (χ0v) is 13.0. The quantitative estimate of drug-likeness (QED) is 0.839. The van der Waals surface area contributed by atoms with Crippen molar-refractivity contribution >= 4 is 28.5 Å². The Balaban J connectivity index is 1.94. The third-order valence-electron chi connectivity index (χ3n) is 3.92. The van der Waals surface area contributed by atoms with Crippen LogP contribution in [0.2, 0.25) is 0 Å². The van der Waals surface area contributed by atoms with Crippen LogP contribution in [0.15, 0.2) is 24.3 Å². The van der Waals surface area contributed by atoms with Gasteiger partial charge in [0.25, 0.3) is 5.91 Å². The smallest absolute Gasteiger partial charge is 0.251 e. The van der Waals surface area contributed by atoms with Crippen LogP contribution in [0.3, 0.4) is 0 Å². The standard InChI is InChI=1S/C14H19IN2O/c1-17(2)14(8-3-9-14)10-16-13(18)11-4-6-12(15)7-5-11/h4-7H,3,8-10H2,1-2H3,(H,16,18). The highest BCUT2D eigenvalue weighted by molar-refractivity contribution is 14.1. The first kappa shape index (κ1) is 13.8. The average Bonchev–Trinajstić information content (AvgIpc) is 2.27. The van der Waals surface area contributed by atoms with Crippen molar-refractivity contribution in [3.05, 3.63) is 33.4 Å². The van der Waals surface area contributed by atoms with Crippen LogP contribution in [0.1, 0.15) is 29.6 Å². The number of nitrogens with zero attached hydrogens (tertiary/aromatic N) is 1. The zero-order chi connectivity index (χ0) is 13.2. The predicted octanol–water partition coefficient (Wildman–Crippen LogP) is 2.51. The fourth-order valence-corrected chi connectivity index (χ4v) is 2.67. The lowest BCUT2D eigenvalue weighted by Gasteiger charge is -2.47. The minimum absolute atomic E-state index is 0.0273. The number of nitrogens with one attached hydrogen (secondary N) is 1. The van der Waals surface area contributed by atoms with Crippen LogP contribution in [0.25, 0.3) is 0 Å². The van der Waals surface area contributed by atoms with Gasteiger partial charge >= 0.3 is 0 Å². The Morgan fingerprint density at radius 3 is 2.39 bits per heavy atom. The van der Waals surface area contributed by atoms with Gasteiger partial charge in [-0.3, -0.25) is 4.79 Å². The molecule has 0 spiro atoms. The molecule has 1 aromatic rings. The lowest BCUT2D eigenvalue weighted by atomic mass is 9.75. The van der Waals surface area contributed by atoms with Crippen LogP contribution in [0, 0.1) is 3.57 Å². The maximum atomic E-state index is 12.0. The van der Waals surface area contributed by atoms with Gasteiger partial charge in [-0.2, -0.15) is 0 Å². The molecular weight excluding hydrogens is 339 g/mol. The van der Waals surface area contributed by atoms with Gasteiger partial charge in [0.15, 0.2) is 0 Å². The number of carbonyl (C=O) groups is 1. The maximum Gasteiger partial charge on any atom is 0.251 e. The Hall–Kier alpha value is -0.620. The number of rotatable bonds is 4. The van der Waals surface area contributed by atoms with E-state index in [4.69, 9.17) is 0 Å². The van der Waals surface area contributed by atoms with Gasteiger partial charge in [0.05, 0.1) is 0 Å². The predicted molar refractivity (Wildman–Crippen MR) is 81.8 cm³/mol. The SMILES string of the molecule is CN(C)C1(CNC(=O)c2ccc(I)cc2)CCC1.